The molecule has 3 nitrogen and oxygen atoms in total. The molecule has 0 unspecified atom stereocenters. The molecule has 2 rings (SSSR count). The first kappa shape index (κ1) is 22.7. The molecule has 132 valence electrons. The Morgan fingerprint density at radius 2 is 1.36 bits per heavy atom. The fourth-order valence-corrected chi connectivity index (χ4v) is 4.24. The van der Waals surface area contributed by atoms with Gasteiger partial charge in [0.25, 0.3) is 0 Å². The first-order valence-electron chi connectivity index (χ1n) is 8.98. The van der Waals surface area contributed by atoms with Gasteiger partial charge in [0.1, 0.15) is 10.1 Å². The molecule has 0 amide bonds. The Morgan fingerprint density at radius 3 is 1.88 bits per heavy atom. The second kappa shape index (κ2) is 10.7. The number of hydrogen-bond donors (Lipinski definition) is 0. The second-order valence-electron chi connectivity index (χ2n) is 6.44. The van der Waals surface area contributed by atoms with Crippen molar-refractivity contribution in [2.75, 3.05) is 0 Å². The van der Waals surface area contributed by atoms with E-state index in [0.717, 1.165) is 55.9 Å². The van der Waals surface area contributed by atoms with E-state index in [-0.39, 0.29) is 34.5 Å². The maximum absolute atomic E-state index is 11.9. The molecule has 0 heterocycles. The number of hydrogen-bond acceptors (Lipinski definition) is 3. The average molecular weight is 370 g/mol. The van der Waals surface area contributed by atoms with Crippen LogP contribution in [-0.4, -0.2) is 13.0 Å². The zero-order chi connectivity index (χ0) is 17.6. The van der Waals surface area contributed by atoms with Crippen LogP contribution in [0.4, 0.5) is 0 Å². The Morgan fingerprint density at radius 1 is 0.840 bits per heavy atom. The average Bonchev–Trinajstić information content (AvgIpc) is 2.54. The third kappa shape index (κ3) is 6.07. The minimum Gasteiger partial charge on any atom is -0.744 e. The van der Waals surface area contributed by atoms with Crippen molar-refractivity contribution in [1.82, 2.24) is 0 Å². The number of unbranched alkanes of at least 4 members (excludes halogenated alkanes) is 4. The Kier molecular flexibility index (Phi) is 9.68. The number of aryl methyl sites for hydroxylation is 2. The normalized spacial score (nSPS) is 11.5. The van der Waals surface area contributed by atoms with Gasteiger partial charge in [0, 0.05) is 0 Å². The molecule has 5 heteroatoms. The summed E-state index contributed by atoms with van der Waals surface area (Å²) in [4.78, 5) is -0.00607. The van der Waals surface area contributed by atoms with E-state index in [1.807, 2.05) is 24.3 Å². The summed E-state index contributed by atoms with van der Waals surface area (Å²) in [7, 11) is -4.49. The molecular formula is C20H27NaO3S. The van der Waals surface area contributed by atoms with Crippen LogP contribution in [-0.2, 0) is 23.0 Å². The van der Waals surface area contributed by atoms with Crippen LogP contribution in [0.3, 0.4) is 0 Å². The van der Waals surface area contributed by atoms with Crippen molar-refractivity contribution in [2.45, 2.75) is 70.1 Å². The van der Waals surface area contributed by atoms with Gasteiger partial charge in [-0.05, 0) is 47.6 Å². The predicted octanol–water partition coefficient (Wildman–Crippen LogP) is 2.21. The van der Waals surface area contributed by atoms with Crippen LogP contribution < -0.4 is 29.6 Å². The van der Waals surface area contributed by atoms with Crippen LogP contribution in [0.5, 0.6) is 0 Å². The van der Waals surface area contributed by atoms with Gasteiger partial charge >= 0.3 is 29.6 Å². The molecule has 0 aliphatic carbocycles. The summed E-state index contributed by atoms with van der Waals surface area (Å²) in [6.07, 6.45) is 7.97. The van der Waals surface area contributed by atoms with Crippen LogP contribution in [0.2, 0.25) is 0 Å². The summed E-state index contributed by atoms with van der Waals surface area (Å²) >= 11 is 0. The van der Waals surface area contributed by atoms with Gasteiger partial charge in [-0.15, -0.1) is 0 Å². The molecule has 0 radical (unpaired) electrons. The molecule has 25 heavy (non-hydrogen) atoms. The van der Waals surface area contributed by atoms with E-state index >= 15 is 0 Å². The third-order valence-electron chi connectivity index (χ3n) is 4.51. The second-order valence-corrected chi connectivity index (χ2v) is 7.75. The van der Waals surface area contributed by atoms with Crippen LogP contribution in [0, 0.1) is 0 Å². The van der Waals surface area contributed by atoms with E-state index in [0.29, 0.717) is 17.4 Å². The van der Waals surface area contributed by atoms with Gasteiger partial charge < -0.3 is 4.55 Å². The quantitative estimate of drug-likeness (QED) is 0.386. The van der Waals surface area contributed by atoms with E-state index < -0.39 is 10.1 Å². The molecule has 0 N–H and O–H groups in total. The molecule has 0 saturated carbocycles. The van der Waals surface area contributed by atoms with Crippen molar-refractivity contribution in [3.63, 3.8) is 0 Å². The van der Waals surface area contributed by atoms with Gasteiger partial charge in [0.05, 0.1) is 4.90 Å². The van der Waals surface area contributed by atoms with E-state index in [9.17, 15) is 13.0 Å². The van der Waals surface area contributed by atoms with Crippen LogP contribution in [0.25, 0.3) is 10.8 Å². The van der Waals surface area contributed by atoms with E-state index in [4.69, 9.17) is 0 Å². The van der Waals surface area contributed by atoms with Gasteiger partial charge in [0.2, 0.25) is 0 Å². The predicted molar refractivity (Wildman–Crippen MR) is 98.4 cm³/mol. The zero-order valence-corrected chi connectivity index (χ0v) is 18.5. The van der Waals surface area contributed by atoms with Crippen molar-refractivity contribution in [3.8, 4) is 0 Å². The Balaban J connectivity index is 0.00000312. The fraction of sp³-hybridized carbons (Fsp3) is 0.500. The number of benzene rings is 2. The fourth-order valence-electron chi connectivity index (χ4n) is 3.31. The molecule has 0 aliphatic heterocycles. The Labute approximate surface area is 174 Å². The van der Waals surface area contributed by atoms with Gasteiger partial charge in [0.15, 0.2) is 0 Å². The zero-order valence-electron chi connectivity index (χ0n) is 15.7. The monoisotopic (exact) mass is 370 g/mol. The van der Waals surface area contributed by atoms with Gasteiger partial charge in [-0.25, -0.2) is 8.42 Å². The van der Waals surface area contributed by atoms with Crippen LogP contribution in [0.1, 0.15) is 63.5 Å². The number of fused-ring (bicyclic) bond motifs is 1. The van der Waals surface area contributed by atoms with Crippen molar-refractivity contribution in [1.29, 1.82) is 0 Å². The maximum atomic E-state index is 11.9. The molecule has 2 aromatic rings. The van der Waals surface area contributed by atoms with Crippen molar-refractivity contribution in [3.05, 3.63) is 41.5 Å². The summed E-state index contributed by atoms with van der Waals surface area (Å²) in [6, 6.07) is 9.39. The summed E-state index contributed by atoms with van der Waals surface area (Å²) in [5.41, 5.74) is 1.86. The molecule has 0 aliphatic rings. The third-order valence-corrected chi connectivity index (χ3v) is 5.49. The summed E-state index contributed by atoms with van der Waals surface area (Å²) in [6.45, 7) is 4.28. The number of rotatable bonds is 9. The minimum absolute atomic E-state index is 0. The first-order chi connectivity index (χ1) is 11.5. The molecule has 0 aromatic heterocycles. The minimum atomic E-state index is -4.49. The van der Waals surface area contributed by atoms with E-state index in [1.54, 1.807) is 6.07 Å². The molecule has 0 saturated heterocycles. The van der Waals surface area contributed by atoms with Gasteiger partial charge in [-0.2, -0.15) is 0 Å². The molecule has 0 fully saturated rings. The van der Waals surface area contributed by atoms with Crippen molar-refractivity contribution in [2.24, 2.45) is 0 Å². The standard InChI is InChI=1S/C20H28O3S.Na/c1-3-5-7-11-16-15-17(12-8-6-4-2)20(24(21,22)23)19-14-10-9-13-18(16)19;/h9-10,13-15H,3-8,11-12H2,1-2H3,(H,21,22,23);/q;+1/p-1. The first-order valence-corrected chi connectivity index (χ1v) is 10.4. The molecule has 2 aromatic carbocycles. The smallest absolute Gasteiger partial charge is 0.744 e. The van der Waals surface area contributed by atoms with Crippen molar-refractivity contribution >= 4 is 20.9 Å². The summed E-state index contributed by atoms with van der Waals surface area (Å²) in [5, 5.41) is 1.50. The summed E-state index contributed by atoms with van der Waals surface area (Å²) in [5.74, 6) is 0. The summed E-state index contributed by atoms with van der Waals surface area (Å²) < 4.78 is 35.7. The topological polar surface area (TPSA) is 57.2 Å². The molecular weight excluding hydrogens is 343 g/mol. The molecule has 0 bridgehead atoms. The maximum Gasteiger partial charge on any atom is 1.00 e. The van der Waals surface area contributed by atoms with E-state index in [1.165, 1.54) is 0 Å². The van der Waals surface area contributed by atoms with Gasteiger partial charge in [-0.1, -0.05) is 69.9 Å². The van der Waals surface area contributed by atoms with Crippen LogP contribution in [0.15, 0.2) is 35.2 Å². The van der Waals surface area contributed by atoms with Gasteiger partial charge in [-0.3, -0.25) is 0 Å². The Hall–Kier alpha value is -0.390. The van der Waals surface area contributed by atoms with E-state index in [2.05, 4.69) is 13.8 Å². The van der Waals surface area contributed by atoms with Crippen molar-refractivity contribution < 1.29 is 42.5 Å². The molecule has 0 atom stereocenters. The molecule has 0 spiro atoms. The Bertz CT molecular complexity index is 785. The van der Waals surface area contributed by atoms with Crippen LogP contribution >= 0.6 is 0 Å². The largest absolute Gasteiger partial charge is 1.00 e. The SMILES string of the molecule is CCCCCc1cc(CCCCC)c2ccccc2c1S(=O)(=O)[O-].[Na+].